The minimum Gasteiger partial charge on any atom is -0.380 e. The quantitative estimate of drug-likeness (QED) is 0.416. The van der Waals surface area contributed by atoms with Gasteiger partial charge in [-0.3, -0.25) is 0 Å². The Morgan fingerprint density at radius 2 is 1.31 bits per heavy atom. The summed E-state index contributed by atoms with van der Waals surface area (Å²) in [5, 5.41) is 12.7. The largest absolute Gasteiger partial charge is 0.380 e. The van der Waals surface area contributed by atoms with Gasteiger partial charge in [-0.25, -0.2) is 0 Å². The number of nitrogens with zero attached hydrogens (tertiary/aromatic N) is 2. The molecule has 0 aliphatic rings. The van der Waals surface area contributed by atoms with Crippen LogP contribution < -0.4 is 4.90 Å². The summed E-state index contributed by atoms with van der Waals surface area (Å²) in [6.45, 7) is 10.6. The molecule has 0 aromatic heterocycles. The van der Waals surface area contributed by atoms with Crippen molar-refractivity contribution in [1.82, 2.24) is 4.90 Å². The Bertz CT molecular complexity index is 966. The van der Waals surface area contributed by atoms with Gasteiger partial charge in [-0.15, -0.1) is 0 Å². The normalized spacial score (nSPS) is 13.2. The molecule has 3 rings (SSSR count). The summed E-state index contributed by atoms with van der Waals surface area (Å²) < 4.78 is 0. The van der Waals surface area contributed by atoms with Gasteiger partial charge in [-0.2, -0.15) is 0 Å². The van der Waals surface area contributed by atoms with Crippen molar-refractivity contribution in [3.8, 4) is 0 Å². The van der Waals surface area contributed by atoms with Crippen LogP contribution in [0, 0.1) is 6.92 Å². The molecule has 3 nitrogen and oxygen atoms in total. The van der Waals surface area contributed by atoms with Crippen LogP contribution in [0.5, 0.6) is 0 Å². The monoisotopic (exact) mass is 450 g/mol. The fourth-order valence-corrected chi connectivity index (χ4v) is 4.18. The van der Waals surface area contributed by atoms with E-state index < -0.39 is 5.60 Å². The van der Waals surface area contributed by atoms with Crippen LogP contribution in [0.1, 0.15) is 36.1 Å². The van der Waals surface area contributed by atoms with Gasteiger partial charge in [-0.05, 0) is 61.0 Å². The fourth-order valence-electron chi connectivity index (χ4n) is 4.05. The second-order valence-electron chi connectivity index (χ2n) is 8.52. The second kappa shape index (κ2) is 11.0. The number of hydrogen-bond donors (Lipinski definition) is 1. The third-order valence-corrected chi connectivity index (χ3v) is 6.59. The van der Waals surface area contributed by atoms with Gasteiger partial charge in [0, 0.05) is 37.3 Å². The van der Waals surface area contributed by atoms with Crippen molar-refractivity contribution in [2.24, 2.45) is 0 Å². The van der Waals surface area contributed by atoms with Crippen LogP contribution in [0.4, 0.5) is 5.69 Å². The van der Waals surface area contributed by atoms with E-state index in [1.54, 1.807) is 0 Å². The van der Waals surface area contributed by atoms with E-state index in [4.69, 9.17) is 11.6 Å². The Kier molecular flexibility index (Phi) is 8.36. The lowest BCUT2D eigenvalue weighted by atomic mass is 9.81. The molecule has 0 saturated carbocycles. The van der Waals surface area contributed by atoms with Crippen LogP contribution in [0.15, 0.2) is 72.8 Å². The van der Waals surface area contributed by atoms with E-state index in [1.165, 1.54) is 5.56 Å². The highest BCUT2D eigenvalue weighted by Crippen LogP contribution is 2.34. The summed E-state index contributed by atoms with van der Waals surface area (Å²) >= 11 is 6.07. The highest BCUT2D eigenvalue weighted by atomic mass is 35.5. The average molecular weight is 451 g/mol. The first kappa shape index (κ1) is 24.3. The lowest BCUT2D eigenvalue weighted by Crippen LogP contribution is -2.33. The topological polar surface area (TPSA) is 26.7 Å². The van der Waals surface area contributed by atoms with Gasteiger partial charge in [0.05, 0.1) is 0 Å². The molecule has 0 aliphatic carbocycles. The lowest BCUT2D eigenvalue weighted by Gasteiger charge is -2.31. The molecule has 0 saturated heterocycles. The van der Waals surface area contributed by atoms with Crippen molar-refractivity contribution in [2.75, 3.05) is 38.1 Å². The van der Waals surface area contributed by atoms with Crippen molar-refractivity contribution >= 4 is 17.3 Å². The maximum atomic E-state index is 12.0. The molecular weight excluding hydrogens is 416 g/mol. The Morgan fingerprint density at radius 1 is 0.781 bits per heavy atom. The van der Waals surface area contributed by atoms with Crippen LogP contribution in [0.25, 0.3) is 0 Å². The van der Waals surface area contributed by atoms with E-state index >= 15 is 0 Å². The number of aliphatic hydroxyl groups is 1. The van der Waals surface area contributed by atoms with Gasteiger partial charge in [0.15, 0.2) is 0 Å². The van der Waals surface area contributed by atoms with Crippen molar-refractivity contribution in [3.63, 3.8) is 0 Å². The zero-order valence-electron chi connectivity index (χ0n) is 19.7. The van der Waals surface area contributed by atoms with E-state index in [1.807, 2.05) is 36.4 Å². The molecule has 0 bridgehead atoms. The third-order valence-electron chi connectivity index (χ3n) is 6.33. The van der Waals surface area contributed by atoms with Crippen molar-refractivity contribution in [1.29, 1.82) is 0 Å². The lowest BCUT2D eigenvalue weighted by molar-refractivity contribution is 0.0811. The Hall–Kier alpha value is -2.33. The zero-order valence-corrected chi connectivity index (χ0v) is 20.4. The minimum absolute atomic E-state index is 0.477. The maximum absolute atomic E-state index is 12.0. The molecule has 32 heavy (non-hydrogen) atoms. The number of anilines is 1. The van der Waals surface area contributed by atoms with Gasteiger partial charge in [0.1, 0.15) is 5.60 Å². The van der Waals surface area contributed by atoms with Crippen LogP contribution in [-0.4, -0.2) is 43.2 Å². The average Bonchev–Trinajstić information content (AvgIpc) is 2.81. The Balaban J connectivity index is 1.87. The standard InChI is InChI=1S/C28H35ClN2O/c1-5-31(6-2)20-19-30(4)27-17-13-25(14-18-27)28(32,24-11-7-22(3)8-12-24)21-23-9-15-26(29)16-10-23/h7-18,32H,5-6,19-21H2,1-4H3. The van der Waals surface area contributed by atoms with Crippen LogP contribution in [-0.2, 0) is 12.0 Å². The third kappa shape index (κ3) is 5.92. The van der Waals surface area contributed by atoms with Crippen LogP contribution in [0.2, 0.25) is 5.02 Å². The number of benzene rings is 3. The minimum atomic E-state index is -1.13. The summed E-state index contributed by atoms with van der Waals surface area (Å²) in [5.41, 5.74) is 4.02. The molecule has 0 spiro atoms. The summed E-state index contributed by atoms with van der Waals surface area (Å²) in [6, 6.07) is 24.2. The number of likely N-dealkylation sites (N-methyl/N-ethyl adjacent to an activating group) is 2. The molecule has 4 heteroatoms. The van der Waals surface area contributed by atoms with E-state index in [9.17, 15) is 5.11 Å². The molecule has 0 amide bonds. The molecular formula is C28H35ClN2O. The first-order valence-corrected chi connectivity index (χ1v) is 11.8. The maximum Gasteiger partial charge on any atom is 0.119 e. The predicted molar refractivity (Wildman–Crippen MR) is 137 cm³/mol. The van der Waals surface area contributed by atoms with Gasteiger partial charge in [-0.1, -0.05) is 79.5 Å². The van der Waals surface area contributed by atoms with E-state index in [0.29, 0.717) is 11.4 Å². The van der Waals surface area contributed by atoms with E-state index in [-0.39, 0.29) is 0 Å². The molecule has 170 valence electrons. The Labute approximate surface area is 198 Å². The molecule has 3 aromatic carbocycles. The molecule has 0 aliphatic heterocycles. The predicted octanol–water partition coefficient (Wildman–Crippen LogP) is 5.91. The molecule has 3 aromatic rings. The van der Waals surface area contributed by atoms with Crippen molar-refractivity contribution < 1.29 is 5.11 Å². The smallest absolute Gasteiger partial charge is 0.119 e. The molecule has 1 unspecified atom stereocenters. The van der Waals surface area contributed by atoms with E-state index in [0.717, 1.165) is 48.6 Å². The highest BCUT2D eigenvalue weighted by molar-refractivity contribution is 6.30. The van der Waals surface area contributed by atoms with Gasteiger partial charge < -0.3 is 14.9 Å². The first-order valence-electron chi connectivity index (χ1n) is 11.4. The molecule has 1 N–H and O–H groups in total. The number of hydrogen-bond acceptors (Lipinski definition) is 3. The molecule has 0 radical (unpaired) electrons. The van der Waals surface area contributed by atoms with Crippen LogP contribution >= 0.6 is 11.6 Å². The molecule has 0 heterocycles. The van der Waals surface area contributed by atoms with E-state index in [2.05, 4.69) is 74.0 Å². The summed E-state index contributed by atoms with van der Waals surface area (Å²) in [4.78, 5) is 4.69. The highest BCUT2D eigenvalue weighted by Gasteiger charge is 2.32. The second-order valence-corrected chi connectivity index (χ2v) is 8.96. The molecule has 0 fully saturated rings. The number of aryl methyl sites for hydroxylation is 1. The fraction of sp³-hybridized carbons (Fsp3) is 0.357. The zero-order chi connectivity index (χ0) is 23.1. The first-order chi connectivity index (χ1) is 15.4. The van der Waals surface area contributed by atoms with Gasteiger partial charge in [0.2, 0.25) is 0 Å². The molecule has 1 atom stereocenters. The van der Waals surface area contributed by atoms with Crippen molar-refractivity contribution in [3.05, 3.63) is 100 Å². The summed E-state index contributed by atoms with van der Waals surface area (Å²) in [6.07, 6.45) is 0.477. The van der Waals surface area contributed by atoms with Gasteiger partial charge in [0.25, 0.3) is 0 Å². The van der Waals surface area contributed by atoms with Crippen LogP contribution in [0.3, 0.4) is 0 Å². The summed E-state index contributed by atoms with van der Waals surface area (Å²) in [5.74, 6) is 0. The number of halogens is 1. The van der Waals surface area contributed by atoms with Gasteiger partial charge >= 0.3 is 0 Å². The SMILES string of the molecule is CCN(CC)CCN(C)c1ccc(C(O)(Cc2ccc(Cl)cc2)c2ccc(C)cc2)cc1. The summed E-state index contributed by atoms with van der Waals surface area (Å²) in [7, 11) is 2.12. The Morgan fingerprint density at radius 3 is 1.84 bits per heavy atom. The number of rotatable bonds is 10. The van der Waals surface area contributed by atoms with Crippen molar-refractivity contribution in [2.45, 2.75) is 32.8 Å².